The van der Waals surface area contributed by atoms with Crippen molar-refractivity contribution in [1.29, 1.82) is 0 Å². The first kappa shape index (κ1) is 20.8. The molecule has 1 aliphatic rings. The van der Waals surface area contributed by atoms with Crippen molar-refractivity contribution in [3.8, 4) is 0 Å². The van der Waals surface area contributed by atoms with Crippen LogP contribution in [0.2, 0.25) is 0 Å². The topological polar surface area (TPSA) is 84.2 Å². The van der Waals surface area contributed by atoms with E-state index >= 15 is 0 Å². The van der Waals surface area contributed by atoms with Gasteiger partial charge in [-0.2, -0.15) is 0 Å². The minimum absolute atomic E-state index is 0. The van der Waals surface area contributed by atoms with E-state index in [2.05, 4.69) is 26.6 Å². The predicted octanol–water partition coefficient (Wildman–Crippen LogP) is 3.79. The lowest BCUT2D eigenvalue weighted by Gasteiger charge is -2.17. The first-order chi connectivity index (χ1) is 10.9. The molecule has 0 spiro atoms. The van der Waals surface area contributed by atoms with Gasteiger partial charge in [0.25, 0.3) is 0 Å². The zero-order valence-electron chi connectivity index (χ0n) is 14.0. The molecule has 0 saturated heterocycles. The smallest absolute Gasteiger partial charge is 0.226 e. The van der Waals surface area contributed by atoms with E-state index in [1.807, 2.05) is 19.9 Å². The third-order valence-electron chi connectivity index (χ3n) is 4.23. The molecule has 0 aliphatic heterocycles. The van der Waals surface area contributed by atoms with E-state index < -0.39 is 0 Å². The summed E-state index contributed by atoms with van der Waals surface area (Å²) in [6.07, 6.45) is 4.38. The van der Waals surface area contributed by atoms with E-state index in [1.54, 1.807) is 6.07 Å². The number of hydrogen-bond acceptors (Lipinski definition) is 3. The van der Waals surface area contributed by atoms with Gasteiger partial charge >= 0.3 is 0 Å². The summed E-state index contributed by atoms with van der Waals surface area (Å²) in [6, 6.07) is 3.48. The van der Waals surface area contributed by atoms with E-state index in [9.17, 15) is 9.59 Å². The Labute approximate surface area is 157 Å². The number of nitrogens with one attached hydrogen (secondary N) is 2. The molecule has 1 unspecified atom stereocenters. The minimum atomic E-state index is -0.197. The molecule has 0 radical (unpaired) electrons. The van der Waals surface area contributed by atoms with Crippen molar-refractivity contribution >= 4 is 51.5 Å². The van der Waals surface area contributed by atoms with Crippen LogP contribution >= 0.6 is 28.3 Å². The summed E-state index contributed by atoms with van der Waals surface area (Å²) < 4.78 is 0.863. The second-order valence-electron chi connectivity index (χ2n) is 6.33. The van der Waals surface area contributed by atoms with Crippen LogP contribution in [0.25, 0.3) is 0 Å². The van der Waals surface area contributed by atoms with Crippen LogP contribution in [0.1, 0.15) is 44.6 Å². The van der Waals surface area contributed by atoms with Gasteiger partial charge in [0, 0.05) is 22.9 Å². The summed E-state index contributed by atoms with van der Waals surface area (Å²) in [6.45, 7) is 3.74. The fourth-order valence-corrected chi connectivity index (χ4v) is 3.51. The maximum Gasteiger partial charge on any atom is 0.226 e. The van der Waals surface area contributed by atoms with Crippen LogP contribution in [0.15, 0.2) is 16.6 Å². The summed E-state index contributed by atoms with van der Waals surface area (Å²) in [5, 5.41) is 5.76. The van der Waals surface area contributed by atoms with Gasteiger partial charge < -0.3 is 16.4 Å². The molecule has 1 fully saturated rings. The predicted molar refractivity (Wildman–Crippen MR) is 103 cm³/mol. The van der Waals surface area contributed by atoms with Gasteiger partial charge in [0.1, 0.15) is 0 Å². The SMILES string of the molecule is Cc1cc(Br)cc(NC(=O)CC(C)NC(=O)C2CCCC2)c1N.Cl. The molecule has 5 nitrogen and oxygen atoms in total. The number of rotatable bonds is 5. The maximum absolute atomic E-state index is 12.2. The highest BCUT2D eigenvalue weighted by Crippen LogP contribution is 2.28. The average Bonchev–Trinajstić information content (AvgIpc) is 2.98. The number of aryl methyl sites for hydroxylation is 1. The van der Waals surface area contributed by atoms with Gasteiger partial charge in [-0.1, -0.05) is 28.8 Å². The van der Waals surface area contributed by atoms with Gasteiger partial charge in [-0.15, -0.1) is 12.4 Å². The molecule has 24 heavy (non-hydrogen) atoms. The lowest BCUT2D eigenvalue weighted by atomic mass is 10.1. The van der Waals surface area contributed by atoms with Crippen LogP contribution in [0.5, 0.6) is 0 Å². The lowest BCUT2D eigenvalue weighted by Crippen LogP contribution is -2.38. The quantitative estimate of drug-likeness (QED) is 0.636. The molecule has 1 aromatic carbocycles. The summed E-state index contributed by atoms with van der Waals surface area (Å²) in [5.74, 6) is 0.0259. The molecule has 1 saturated carbocycles. The third kappa shape index (κ3) is 5.67. The van der Waals surface area contributed by atoms with E-state index in [0.29, 0.717) is 11.4 Å². The third-order valence-corrected chi connectivity index (χ3v) is 4.69. The lowest BCUT2D eigenvalue weighted by molar-refractivity contribution is -0.125. The van der Waals surface area contributed by atoms with E-state index in [4.69, 9.17) is 5.73 Å². The molecule has 1 atom stereocenters. The van der Waals surface area contributed by atoms with Crippen molar-refractivity contribution in [1.82, 2.24) is 5.32 Å². The summed E-state index contributed by atoms with van der Waals surface area (Å²) in [7, 11) is 0. The highest BCUT2D eigenvalue weighted by atomic mass is 79.9. The minimum Gasteiger partial charge on any atom is -0.397 e. The largest absolute Gasteiger partial charge is 0.397 e. The maximum atomic E-state index is 12.2. The molecule has 1 aliphatic carbocycles. The molecule has 2 rings (SSSR count). The Morgan fingerprint density at radius 2 is 1.96 bits per heavy atom. The van der Waals surface area contributed by atoms with E-state index in [-0.39, 0.29) is 42.6 Å². The number of carbonyl (C=O) groups is 2. The van der Waals surface area contributed by atoms with Crippen molar-refractivity contribution in [2.24, 2.45) is 5.92 Å². The normalized spacial score (nSPS) is 15.5. The number of amides is 2. The zero-order chi connectivity index (χ0) is 17.0. The molecule has 0 heterocycles. The van der Waals surface area contributed by atoms with E-state index in [0.717, 1.165) is 35.7 Å². The van der Waals surface area contributed by atoms with Crippen molar-refractivity contribution in [3.05, 3.63) is 22.2 Å². The number of benzene rings is 1. The molecule has 0 bridgehead atoms. The van der Waals surface area contributed by atoms with E-state index in [1.165, 1.54) is 0 Å². The highest BCUT2D eigenvalue weighted by molar-refractivity contribution is 9.10. The number of anilines is 2. The van der Waals surface area contributed by atoms with Gasteiger partial charge in [-0.05, 0) is 44.4 Å². The number of hydrogen-bond donors (Lipinski definition) is 3. The Bertz CT molecular complexity index is 604. The molecule has 134 valence electrons. The average molecular weight is 419 g/mol. The van der Waals surface area contributed by atoms with Crippen LogP contribution in [0.4, 0.5) is 11.4 Å². The fraction of sp³-hybridized carbons (Fsp3) is 0.529. The Morgan fingerprint density at radius 1 is 1.33 bits per heavy atom. The van der Waals surface area contributed by atoms with Crippen molar-refractivity contribution in [3.63, 3.8) is 0 Å². The summed E-state index contributed by atoms with van der Waals surface area (Å²) >= 11 is 3.39. The number of halogens is 2. The van der Waals surface area contributed by atoms with Gasteiger partial charge in [0.05, 0.1) is 11.4 Å². The monoisotopic (exact) mass is 417 g/mol. The van der Waals surface area contributed by atoms with Crippen LogP contribution < -0.4 is 16.4 Å². The van der Waals surface area contributed by atoms with Crippen LogP contribution in [-0.4, -0.2) is 17.9 Å². The number of nitrogen functional groups attached to an aromatic ring is 1. The molecule has 4 N–H and O–H groups in total. The number of nitrogens with two attached hydrogens (primary N) is 1. The standard InChI is InChI=1S/C17H24BrN3O2.ClH/c1-10-7-13(18)9-14(16(10)19)21-15(22)8-11(2)20-17(23)12-5-3-4-6-12;/h7,9,11-12H,3-6,8,19H2,1-2H3,(H,20,23)(H,21,22);1H. The van der Waals surface area contributed by atoms with Gasteiger partial charge in [0.2, 0.25) is 11.8 Å². The van der Waals surface area contributed by atoms with Gasteiger partial charge in [-0.3, -0.25) is 9.59 Å². The first-order valence-corrected chi connectivity index (χ1v) is 8.82. The highest BCUT2D eigenvalue weighted by Gasteiger charge is 2.24. The van der Waals surface area contributed by atoms with Crippen LogP contribution in [-0.2, 0) is 9.59 Å². The zero-order valence-corrected chi connectivity index (χ0v) is 16.4. The molecule has 2 amide bonds. The van der Waals surface area contributed by atoms with Gasteiger partial charge in [-0.25, -0.2) is 0 Å². The molecule has 1 aromatic rings. The molecule has 7 heteroatoms. The second kappa shape index (κ2) is 9.28. The summed E-state index contributed by atoms with van der Waals surface area (Å²) in [4.78, 5) is 24.2. The Balaban J connectivity index is 0.00000288. The van der Waals surface area contributed by atoms with Gasteiger partial charge in [0.15, 0.2) is 0 Å². The second-order valence-corrected chi connectivity index (χ2v) is 7.24. The molecular weight excluding hydrogens is 394 g/mol. The Kier molecular flexibility index (Phi) is 8.03. The number of carbonyl (C=O) groups excluding carboxylic acids is 2. The molecule has 0 aromatic heterocycles. The first-order valence-electron chi connectivity index (χ1n) is 8.02. The Hall–Kier alpha value is -1.27. The van der Waals surface area contributed by atoms with Crippen molar-refractivity contribution < 1.29 is 9.59 Å². The van der Waals surface area contributed by atoms with Crippen LogP contribution in [0.3, 0.4) is 0 Å². The fourth-order valence-electron chi connectivity index (χ4n) is 2.94. The Morgan fingerprint density at radius 3 is 2.58 bits per heavy atom. The molecular formula is C17H25BrClN3O2. The summed E-state index contributed by atoms with van der Waals surface area (Å²) in [5.41, 5.74) is 8.04. The van der Waals surface area contributed by atoms with Crippen molar-refractivity contribution in [2.45, 2.75) is 52.0 Å². The van der Waals surface area contributed by atoms with Crippen molar-refractivity contribution in [2.75, 3.05) is 11.1 Å². The van der Waals surface area contributed by atoms with Crippen LogP contribution in [0, 0.1) is 12.8 Å².